The highest BCUT2D eigenvalue weighted by Gasteiger charge is 2.64. The van der Waals surface area contributed by atoms with Crippen molar-refractivity contribution >= 4 is 28.0 Å². The minimum atomic E-state index is -4.50. The number of hydrogen-bond acceptors (Lipinski definition) is 8. The number of aromatic nitrogens is 2. The standard InChI is InChI=1S/C36H42F3N5O6S/c1-21(2)50-34(46)40-25-11-13-26(14-12-25)44-27(19-35(15-16-35)36(37,38)39)20-49-30-18-29(31-22(3)7-5-8-23(31)4)41-33(42-30)43-51(47,48)28-10-6-9-24(17-28)32(44)45/h5-10,17-18,21,25-27H,11-16,19-20H2,1-4H3,(H,40,46)(H,41,42,43)/t25?,26?,27-/m1/s1. The van der Waals surface area contributed by atoms with Gasteiger partial charge in [-0.2, -0.15) is 18.2 Å². The predicted octanol–water partition coefficient (Wildman–Crippen LogP) is 6.94. The van der Waals surface area contributed by atoms with Gasteiger partial charge in [0.25, 0.3) is 15.9 Å². The van der Waals surface area contributed by atoms with Gasteiger partial charge in [0.1, 0.15) is 6.61 Å². The van der Waals surface area contributed by atoms with Crippen LogP contribution in [0.2, 0.25) is 0 Å². The zero-order chi connectivity index (χ0) is 36.7. The zero-order valence-corrected chi connectivity index (χ0v) is 29.7. The van der Waals surface area contributed by atoms with Crippen molar-refractivity contribution in [3.8, 4) is 17.1 Å². The van der Waals surface area contributed by atoms with Crippen molar-refractivity contribution in [2.75, 3.05) is 11.3 Å². The number of ether oxygens (including phenoxy) is 2. The molecule has 3 aromatic rings. The van der Waals surface area contributed by atoms with Crippen LogP contribution in [0.15, 0.2) is 53.4 Å². The number of halogens is 3. The zero-order valence-electron chi connectivity index (χ0n) is 28.9. The van der Waals surface area contributed by atoms with Crippen LogP contribution in [0.5, 0.6) is 5.88 Å². The number of rotatable bonds is 6. The fourth-order valence-corrected chi connectivity index (χ4v) is 8.17. The molecule has 4 bridgehead atoms. The van der Waals surface area contributed by atoms with E-state index in [1.165, 1.54) is 35.2 Å². The van der Waals surface area contributed by atoms with Crippen LogP contribution in [-0.2, 0) is 14.8 Å². The van der Waals surface area contributed by atoms with E-state index in [1.807, 2.05) is 32.0 Å². The van der Waals surface area contributed by atoms with Crippen molar-refractivity contribution in [2.24, 2.45) is 5.41 Å². The number of nitrogens with one attached hydrogen (secondary N) is 2. The largest absolute Gasteiger partial charge is 0.475 e. The summed E-state index contributed by atoms with van der Waals surface area (Å²) < 4.78 is 84.8. The molecule has 2 fully saturated rings. The molecule has 15 heteroatoms. The topological polar surface area (TPSA) is 140 Å². The van der Waals surface area contributed by atoms with E-state index < -0.39 is 52.1 Å². The number of carbonyl (C=O) groups is 2. The van der Waals surface area contributed by atoms with Gasteiger partial charge in [0.15, 0.2) is 0 Å². The fraction of sp³-hybridized carbons (Fsp3) is 0.500. The Kier molecular flexibility index (Phi) is 9.96. The van der Waals surface area contributed by atoms with Crippen LogP contribution < -0.4 is 14.8 Å². The number of sulfonamides is 1. The molecule has 2 heterocycles. The van der Waals surface area contributed by atoms with Crippen LogP contribution in [0, 0.1) is 19.3 Å². The molecule has 0 radical (unpaired) electrons. The number of alkyl carbamates (subject to hydrolysis) is 1. The highest BCUT2D eigenvalue weighted by molar-refractivity contribution is 7.92. The molecule has 11 nitrogen and oxygen atoms in total. The number of alkyl halides is 3. The third-order valence-electron chi connectivity index (χ3n) is 9.94. The quantitative estimate of drug-likeness (QED) is 0.278. The number of nitrogens with zero attached hydrogens (tertiary/aromatic N) is 3. The van der Waals surface area contributed by atoms with Gasteiger partial charge < -0.3 is 19.7 Å². The van der Waals surface area contributed by atoms with E-state index in [0.29, 0.717) is 31.4 Å². The lowest BCUT2D eigenvalue weighted by molar-refractivity contribution is -0.193. The first kappa shape index (κ1) is 36.4. The molecule has 1 aliphatic heterocycles. The maximum Gasteiger partial charge on any atom is 0.407 e. The molecule has 6 rings (SSSR count). The van der Waals surface area contributed by atoms with Crippen LogP contribution in [0.4, 0.5) is 23.9 Å². The number of amides is 2. The van der Waals surface area contributed by atoms with Gasteiger partial charge in [-0.3, -0.25) is 4.79 Å². The summed E-state index contributed by atoms with van der Waals surface area (Å²) in [6, 6.07) is 10.8. The first-order valence-electron chi connectivity index (χ1n) is 17.1. The van der Waals surface area contributed by atoms with E-state index in [-0.39, 0.29) is 53.9 Å². The normalized spacial score (nSPS) is 22.8. The third kappa shape index (κ3) is 7.92. The summed E-state index contributed by atoms with van der Waals surface area (Å²) in [4.78, 5) is 36.9. The lowest BCUT2D eigenvalue weighted by Gasteiger charge is -2.42. The van der Waals surface area contributed by atoms with Crippen molar-refractivity contribution in [1.82, 2.24) is 20.2 Å². The first-order valence-corrected chi connectivity index (χ1v) is 18.6. The Morgan fingerprint density at radius 1 is 1.06 bits per heavy atom. The second kappa shape index (κ2) is 14.0. The van der Waals surface area contributed by atoms with Gasteiger partial charge in [0.2, 0.25) is 11.8 Å². The van der Waals surface area contributed by atoms with Gasteiger partial charge in [-0.1, -0.05) is 24.3 Å². The minimum Gasteiger partial charge on any atom is -0.475 e. The van der Waals surface area contributed by atoms with E-state index in [1.54, 1.807) is 13.8 Å². The van der Waals surface area contributed by atoms with Gasteiger partial charge in [0.05, 0.1) is 28.2 Å². The highest BCUT2D eigenvalue weighted by atomic mass is 32.2. The summed E-state index contributed by atoms with van der Waals surface area (Å²) in [6.07, 6.45) is -4.27. The monoisotopic (exact) mass is 729 g/mol. The molecule has 1 atom stereocenters. The summed E-state index contributed by atoms with van der Waals surface area (Å²) in [5.74, 6) is -0.954. The molecule has 2 aliphatic carbocycles. The molecule has 51 heavy (non-hydrogen) atoms. The maximum absolute atomic E-state index is 14.5. The fourth-order valence-electron chi connectivity index (χ4n) is 7.18. The molecule has 1 aromatic heterocycles. The Labute approximate surface area is 295 Å². The molecular formula is C36H42F3N5O6S. The summed E-state index contributed by atoms with van der Waals surface area (Å²) >= 11 is 0. The van der Waals surface area contributed by atoms with Gasteiger partial charge in [0, 0.05) is 29.3 Å². The summed E-state index contributed by atoms with van der Waals surface area (Å²) in [5.41, 5.74) is 0.816. The number of hydrogen-bond donors (Lipinski definition) is 2. The van der Waals surface area contributed by atoms with Gasteiger partial charge in [-0.15, -0.1) is 0 Å². The molecule has 0 unspecified atom stereocenters. The lowest BCUT2D eigenvalue weighted by Crippen LogP contribution is -2.53. The summed E-state index contributed by atoms with van der Waals surface area (Å²) in [6.45, 7) is 6.90. The van der Waals surface area contributed by atoms with Crippen molar-refractivity contribution < 1.29 is 40.7 Å². The summed E-state index contributed by atoms with van der Waals surface area (Å²) in [5, 5.41) is 2.85. The third-order valence-corrected chi connectivity index (χ3v) is 11.3. The Morgan fingerprint density at radius 2 is 1.73 bits per heavy atom. The Balaban J connectivity index is 1.43. The van der Waals surface area contributed by atoms with Crippen molar-refractivity contribution in [3.63, 3.8) is 0 Å². The number of carbonyl (C=O) groups excluding carboxylic acids is 2. The molecule has 274 valence electrons. The molecule has 0 spiro atoms. The van der Waals surface area contributed by atoms with E-state index in [4.69, 9.17) is 9.47 Å². The molecule has 0 saturated heterocycles. The lowest BCUT2D eigenvalue weighted by atomic mass is 9.87. The molecule has 2 saturated carbocycles. The summed E-state index contributed by atoms with van der Waals surface area (Å²) in [7, 11) is -4.33. The molecule has 3 aliphatic rings. The Morgan fingerprint density at radius 3 is 2.35 bits per heavy atom. The number of aryl methyl sites for hydroxylation is 2. The van der Waals surface area contributed by atoms with Crippen LogP contribution in [-0.4, -0.2) is 72.3 Å². The van der Waals surface area contributed by atoms with Crippen molar-refractivity contribution in [2.45, 2.75) is 108 Å². The second-order valence-corrected chi connectivity index (χ2v) is 15.8. The number of anilines is 1. The molecule has 2 amide bonds. The van der Waals surface area contributed by atoms with E-state index >= 15 is 0 Å². The molecule has 2 N–H and O–H groups in total. The highest BCUT2D eigenvalue weighted by Crippen LogP contribution is 2.61. The number of fused-ring (bicyclic) bond motifs is 4. The van der Waals surface area contributed by atoms with E-state index in [0.717, 1.165) is 16.7 Å². The van der Waals surface area contributed by atoms with E-state index in [9.17, 15) is 31.2 Å². The van der Waals surface area contributed by atoms with Crippen LogP contribution in [0.25, 0.3) is 11.3 Å². The van der Waals surface area contributed by atoms with Gasteiger partial charge >= 0.3 is 12.3 Å². The maximum atomic E-state index is 14.5. The molecule has 2 aromatic carbocycles. The van der Waals surface area contributed by atoms with Crippen LogP contribution in [0.3, 0.4) is 0 Å². The predicted molar refractivity (Wildman–Crippen MR) is 183 cm³/mol. The SMILES string of the molecule is Cc1cccc(C)c1-c1cc2nc(n1)NS(=O)(=O)c1cccc(c1)C(=O)N(C1CCC(NC(=O)OC(C)C)CC1)[C@H](CC1(C(F)(F)F)CC1)CO2. The minimum absolute atomic E-state index is 0.00332. The second-order valence-electron chi connectivity index (χ2n) is 14.1. The van der Waals surface area contributed by atoms with Crippen LogP contribution >= 0.6 is 0 Å². The smallest absolute Gasteiger partial charge is 0.407 e. The van der Waals surface area contributed by atoms with Crippen molar-refractivity contribution in [1.29, 1.82) is 0 Å². The van der Waals surface area contributed by atoms with Gasteiger partial charge in [-0.05, 0) is 102 Å². The van der Waals surface area contributed by atoms with E-state index in [2.05, 4.69) is 20.0 Å². The molecular weight excluding hydrogens is 687 g/mol. The van der Waals surface area contributed by atoms with Crippen LogP contribution in [0.1, 0.15) is 80.3 Å². The Hall–Kier alpha value is -4.40. The number of benzene rings is 2. The average Bonchev–Trinajstić information content (AvgIpc) is 3.84. The van der Waals surface area contributed by atoms with Crippen molar-refractivity contribution in [3.05, 3.63) is 65.2 Å². The average molecular weight is 730 g/mol. The first-order chi connectivity index (χ1) is 24.0. The Bertz CT molecular complexity index is 1890. The van der Waals surface area contributed by atoms with Gasteiger partial charge in [-0.25, -0.2) is 22.9 Å².